The second-order valence-electron chi connectivity index (χ2n) is 7.46. The van der Waals surface area contributed by atoms with Gasteiger partial charge in [0, 0.05) is 37.6 Å². The molecule has 0 spiro atoms. The summed E-state index contributed by atoms with van der Waals surface area (Å²) in [5.41, 5.74) is -0.0174. The lowest BCUT2D eigenvalue weighted by Gasteiger charge is -2.33. The molecule has 1 heterocycles. The highest BCUT2D eigenvalue weighted by Crippen LogP contribution is 2.30. The van der Waals surface area contributed by atoms with Crippen molar-refractivity contribution in [2.75, 3.05) is 57.0 Å². The summed E-state index contributed by atoms with van der Waals surface area (Å²) in [6.07, 6.45) is -4.46. The Morgan fingerprint density at radius 1 is 0.875 bits per heavy atom. The molecule has 0 aromatic heterocycles. The van der Waals surface area contributed by atoms with E-state index < -0.39 is 11.7 Å². The smallest absolute Gasteiger partial charge is 0.416 e. The van der Waals surface area contributed by atoms with Crippen LogP contribution in [0.25, 0.3) is 0 Å². The Bertz CT molecular complexity index is 927. The van der Waals surface area contributed by atoms with Crippen LogP contribution in [0.15, 0.2) is 48.5 Å². The summed E-state index contributed by atoms with van der Waals surface area (Å²) in [6.45, 7) is 2.66. The molecule has 2 N–H and O–H groups in total. The maximum atomic E-state index is 12.8. The predicted molar refractivity (Wildman–Crippen MR) is 115 cm³/mol. The predicted octanol–water partition coefficient (Wildman–Crippen LogP) is 2.91. The summed E-state index contributed by atoms with van der Waals surface area (Å²) in [5.74, 6) is 0.192. The van der Waals surface area contributed by atoms with Crippen LogP contribution in [-0.2, 0) is 15.8 Å². The normalized spacial score (nSPS) is 15.2. The van der Waals surface area contributed by atoms with Crippen LogP contribution in [0.4, 0.5) is 24.5 Å². The van der Waals surface area contributed by atoms with Gasteiger partial charge in [-0.3, -0.25) is 19.4 Å². The second kappa shape index (κ2) is 10.5. The Hall–Kier alpha value is -3.11. The zero-order valence-electron chi connectivity index (χ0n) is 17.6. The van der Waals surface area contributed by atoms with Crippen molar-refractivity contribution >= 4 is 23.2 Å². The van der Waals surface area contributed by atoms with Crippen LogP contribution in [0.3, 0.4) is 0 Å². The van der Waals surface area contributed by atoms with E-state index in [2.05, 4.69) is 10.6 Å². The number of carbonyl (C=O) groups is 2. The molecule has 0 radical (unpaired) electrons. The topological polar surface area (TPSA) is 73.9 Å². The van der Waals surface area contributed by atoms with Gasteiger partial charge in [0.2, 0.25) is 11.8 Å². The number of benzene rings is 2. The van der Waals surface area contributed by atoms with E-state index in [-0.39, 0.29) is 30.6 Å². The number of ether oxygens (including phenoxy) is 1. The first kappa shape index (κ1) is 23.6. The Morgan fingerprint density at radius 2 is 1.41 bits per heavy atom. The summed E-state index contributed by atoms with van der Waals surface area (Å²) in [5, 5.41) is 5.35. The van der Waals surface area contributed by atoms with E-state index >= 15 is 0 Å². The van der Waals surface area contributed by atoms with Gasteiger partial charge in [-0.05, 0) is 42.5 Å². The lowest BCUT2D eigenvalue weighted by atomic mass is 10.2. The lowest BCUT2D eigenvalue weighted by Crippen LogP contribution is -2.50. The number of nitrogens with zero attached hydrogens (tertiary/aromatic N) is 2. The van der Waals surface area contributed by atoms with Crippen LogP contribution in [0, 0.1) is 0 Å². The molecule has 0 unspecified atom stereocenters. The van der Waals surface area contributed by atoms with Crippen molar-refractivity contribution < 1.29 is 27.5 Å². The summed E-state index contributed by atoms with van der Waals surface area (Å²) in [4.78, 5) is 28.4. The molecule has 1 saturated heterocycles. The SMILES string of the molecule is COc1ccc(NC(=O)CN2CCN(CC(=O)Nc3cccc(C(F)(F)F)c3)CC2)cc1. The molecule has 0 bridgehead atoms. The molecule has 0 saturated carbocycles. The molecule has 10 heteroatoms. The molecule has 1 fully saturated rings. The average Bonchev–Trinajstić information content (AvgIpc) is 2.75. The van der Waals surface area contributed by atoms with Gasteiger partial charge in [-0.25, -0.2) is 0 Å². The summed E-state index contributed by atoms with van der Waals surface area (Å²) >= 11 is 0. The third kappa shape index (κ3) is 6.96. The highest BCUT2D eigenvalue weighted by atomic mass is 19.4. The Morgan fingerprint density at radius 3 is 1.91 bits per heavy atom. The number of hydrogen-bond donors (Lipinski definition) is 2. The molecular formula is C22H25F3N4O3. The molecule has 0 aliphatic carbocycles. The van der Waals surface area contributed by atoms with Crippen LogP contribution in [0.1, 0.15) is 5.56 Å². The molecule has 1 aliphatic heterocycles. The number of alkyl halides is 3. The van der Waals surface area contributed by atoms with Gasteiger partial charge in [0.25, 0.3) is 0 Å². The summed E-state index contributed by atoms with van der Waals surface area (Å²) in [6, 6.07) is 11.6. The summed E-state index contributed by atoms with van der Waals surface area (Å²) in [7, 11) is 1.57. The molecule has 2 aromatic rings. The number of carbonyl (C=O) groups excluding carboxylic acids is 2. The van der Waals surface area contributed by atoms with Gasteiger partial charge < -0.3 is 15.4 Å². The molecular weight excluding hydrogens is 425 g/mol. The third-order valence-electron chi connectivity index (χ3n) is 5.05. The van der Waals surface area contributed by atoms with Crippen LogP contribution in [0.2, 0.25) is 0 Å². The largest absolute Gasteiger partial charge is 0.497 e. The van der Waals surface area contributed by atoms with Crippen molar-refractivity contribution in [3.8, 4) is 5.75 Å². The minimum atomic E-state index is -4.46. The van der Waals surface area contributed by atoms with Crippen molar-refractivity contribution in [1.29, 1.82) is 0 Å². The van der Waals surface area contributed by atoms with Gasteiger partial charge in [-0.15, -0.1) is 0 Å². The number of anilines is 2. The van der Waals surface area contributed by atoms with E-state index in [1.807, 2.05) is 9.80 Å². The quantitative estimate of drug-likeness (QED) is 0.679. The molecule has 7 nitrogen and oxygen atoms in total. The molecule has 3 rings (SSSR count). The number of methoxy groups -OCH3 is 1. The van der Waals surface area contributed by atoms with Crippen LogP contribution >= 0.6 is 0 Å². The zero-order valence-corrected chi connectivity index (χ0v) is 17.6. The highest BCUT2D eigenvalue weighted by Gasteiger charge is 2.30. The Labute approximate surface area is 184 Å². The van der Waals surface area contributed by atoms with E-state index in [1.54, 1.807) is 31.4 Å². The average molecular weight is 450 g/mol. The monoisotopic (exact) mass is 450 g/mol. The molecule has 32 heavy (non-hydrogen) atoms. The van der Waals surface area contributed by atoms with Crippen molar-refractivity contribution in [2.24, 2.45) is 0 Å². The number of piperazine rings is 1. The lowest BCUT2D eigenvalue weighted by molar-refractivity contribution is -0.137. The van der Waals surface area contributed by atoms with E-state index in [0.717, 1.165) is 12.1 Å². The molecule has 2 aromatic carbocycles. The first-order valence-electron chi connectivity index (χ1n) is 10.1. The third-order valence-corrected chi connectivity index (χ3v) is 5.05. The molecule has 2 amide bonds. The number of nitrogens with one attached hydrogen (secondary N) is 2. The van der Waals surface area contributed by atoms with Crippen molar-refractivity contribution in [2.45, 2.75) is 6.18 Å². The number of rotatable bonds is 7. The molecule has 172 valence electrons. The molecule has 1 aliphatic rings. The van der Waals surface area contributed by atoms with Crippen molar-refractivity contribution in [1.82, 2.24) is 9.80 Å². The standard InChI is InChI=1S/C22H25F3N4O3/c1-32-19-7-5-17(6-8-19)26-20(30)14-28-9-11-29(12-10-28)15-21(31)27-18-4-2-3-16(13-18)22(23,24)25/h2-8,13H,9-12,14-15H2,1H3,(H,26,30)(H,27,31). The number of amides is 2. The van der Waals surface area contributed by atoms with E-state index in [0.29, 0.717) is 37.6 Å². The Balaban J connectivity index is 1.40. The van der Waals surface area contributed by atoms with Crippen LogP contribution < -0.4 is 15.4 Å². The zero-order chi connectivity index (χ0) is 23.1. The van der Waals surface area contributed by atoms with E-state index in [9.17, 15) is 22.8 Å². The fourth-order valence-electron chi connectivity index (χ4n) is 3.36. The fraction of sp³-hybridized carbons (Fsp3) is 0.364. The van der Waals surface area contributed by atoms with E-state index in [1.165, 1.54) is 12.1 Å². The van der Waals surface area contributed by atoms with E-state index in [4.69, 9.17) is 4.74 Å². The maximum absolute atomic E-state index is 12.8. The van der Waals surface area contributed by atoms with Gasteiger partial charge in [0.15, 0.2) is 0 Å². The first-order chi connectivity index (χ1) is 15.2. The van der Waals surface area contributed by atoms with Crippen molar-refractivity contribution in [3.05, 3.63) is 54.1 Å². The fourth-order valence-corrected chi connectivity index (χ4v) is 3.36. The minimum absolute atomic E-state index is 0.0716. The van der Waals surface area contributed by atoms with Gasteiger partial charge in [0.05, 0.1) is 25.8 Å². The summed E-state index contributed by atoms with van der Waals surface area (Å²) < 4.78 is 43.5. The van der Waals surface area contributed by atoms with Crippen molar-refractivity contribution in [3.63, 3.8) is 0 Å². The minimum Gasteiger partial charge on any atom is -0.497 e. The van der Waals surface area contributed by atoms with Crippen LogP contribution in [0.5, 0.6) is 5.75 Å². The maximum Gasteiger partial charge on any atom is 0.416 e. The van der Waals surface area contributed by atoms with Gasteiger partial charge in [0.1, 0.15) is 5.75 Å². The number of hydrogen-bond acceptors (Lipinski definition) is 5. The highest BCUT2D eigenvalue weighted by molar-refractivity contribution is 5.93. The van der Waals surface area contributed by atoms with Gasteiger partial charge in [-0.1, -0.05) is 6.07 Å². The second-order valence-corrected chi connectivity index (χ2v) is 7.46. The first-order valence-corrected chi connectivity index (χ1v) is 10.1. The number of halogens is 3. The van der Waals surface area contributed by atoms with Gasteiger partial charge >= 0.3 is 6.18 Å². The van der Waals surface area contributed by atoms with Crippen LogP contribution in [-0.4, -0.2) is 68.0 Å². The van der Waals surface area contributed by atoms with Gasteiger partial charge in [-0.2, -0.15) is 13.2 Å². The Kier molecular flexibility index (Phi) is 7.70. The molecule has 0 atom stereocenters.